The van der Waals surface area contributed by atoms with Crippen LogP contribution >= 0.6 is 0 Å². The third-order valence-electron chi connectivity index (χ3n) is 3.20. The van der Waals surface area contributed by atoms with Crippen LogP contribution in [0.1, 0.15) is 33.6 Å². The van der Waals surface area contributed by atoms with Gasteiger partial charge in [0.2, 0.25) is 5.91 Å². The number of amides is 1. The topological polar surface area (TPSA) is 55.6 Å². The number of hydrogen-bond donors (Lipinski definition) is 1. The molecule has 0 aliphatic carbocycles. The van der Waals surface area contributed by atoms with Gasteiger partial charge >= 0.3 is 0 Å². The zero-order valence-corrected chi connectivity index (χ0v) is 9.95. The van der Waals surface area contributed by atoms with Crippen molar-refractivity contribution in [2.24, 2.45) is 5.73 Å². The number of hydrogen-bond acceptors (Lipinski definition) is 3. The van der Waals surface area contributed by atoms with Gasteiger partial charge in [0.05, 0.1) is 6.61 Å². The van der Waals surface area contributed by atoms with Crippen molar-refractivity contribution in [2.75, 3.05) is 19.8 Å². The van der Waals surface area contributed by atoms with Crippen molar-refractivity contribution in [1.82, 2.24) is 4.90 Å². The molecule has 0 aromatic carbocycles. The minimum Gasteiger partial charge on any atom is -0.379 e. The molecular weight excluding hydrogens is 192 g/mol. The van der Waals surface area contributed by atoms with Gasteiger partial charge in [-0.1, -0.05) is 6.92 Å². The van der Waals surface area contributed by atoms with E-state index in [1.54, 1.807) is 0 Å². The van der Waals surface area contributed by atoms with Crippen molar-refractivity contribution < 1.29 is 9.53 Å². The number of carbonyl (C=O) groups is 1. The second kappa shape index (κ2) is 4.94. The van der Waals surface area contributed by atoms with Crippen LogP contribution < -0.4 is 5.73 Å². The summed E-state index contributed by atoms with van der Waals surface area (Å²) in [6.45, 7) is 7.80. The number of nitrogens with two attached hydrogens (primary N) is 1. The average molecular weight is 214 g/mol. The number of rotatable bonds is 4. The lowest BCUT2D eigenvalue weighted by Gasteiger charge is -2.33. The Hall–Kier alpha value is -0.610. The SMILES string of the molecule is CCC(C)N(CC)C(=O)C1(N)CCOC1. The largest absolute Gasteiger partial charge is 0.379 e. The molecule has 0 aromatic heterocycles. The van der Waals surface area contributed by atoms with Crippen LogP contribution in [0.5, 0.6) is 0 Å². The maximum Gasteiger partial charge on any atom is 0.245 e. The first kappa shape index (κ1) is 12.5. The predicted octanol–water partition coefficient (Wildman–Crippen LogP) is 0.751. The first-order chi connectivity index (χ1) is 7.05. The molecular formula is C11H22N2O2. The Morgan fingerprint density at radius 1 is 1.60 bits per heavy atom. The molecule has 1 fully saturated rings. The fourth-order valence-corrected chi connectivity index (χ4v) is 1.91. The van der Waals surface area contributed by atoms with Gasteiger partial charge in [-0.05, 0) is 26.7 Å². The van der Waals surface area contributed by atoms with E-state index in [1.165, 1.54) is 0 Å². The molecule has 0 radical (unpaired) electrons. The van der Waals surface area contributed by atoms with Gasteiger partial charge < -0.3 is 15.4 Å². The molecule has 2 atom stereocenters. The summed E-state index contributed by atoms with van der Waals surface area (Å²) in [5.74, 6) is 0.0388. The van der Waals surface area contributed by atoms with Crippen molar-refractivity contribution in [2.45, 2.75) is 45.2 Å². The summed E-state index contributed by atoms with van der Waals surface area (Å²) in [5.41, 5.74) is 5.28. The molecule has 4 nitrogen and oxygen atoms in total. The lowest BCUT2D eigenvalue weighted by atomic mass is 9.97. The van der Waals surface area contributed by atoms with Crippen molar-refractivity contribution in [3.05, 3.63) is 0 Å². The van der Waals surface area contributed by atoms with Crippen LogP contribution in [-0.2, 0) is 9.53 Å². The standard InChI is InChI=1S/C11H22N2O2/c1-4-9(3)13(5-2)10(14)11(12)6-7-15-8-11/h9H,4-8,12H2,1-3H3. The molecule has 0 saturated carbocycles. The first-order valence-corrected chi connectivity index (χ1v) is 5.73. The van der Waals surface area contributed by atoms with Crippen LogP contribution in [0.25, 0.3) is 0 Å². The number of carbonyl (C=O) groups excluding carboxylic acids is 1. The predicted molar refractivity (Wildman–Crippen MR) is 59.5 cm³/mol. The molecule has 0 spiro atoms. The Morgan fingerprint density at radius 3 is 2.67 bits per heavy atom. The maximum atomic E-state index is 12.2. The highest BCUT2D eigenvalue weighted by Gasteiger charge is 2.41. The van der Waals surface area contributed by atoms with Gasteiger partial charge in [-0.25, -0.2) is 0 Å². The van der Waals surface area contributed by atoms with E-state index in [9.17, 15) is 4.79 Å². The minimum atomic E-state index is -0.778. The van der Waals surface area contributed by atoms with Gasteiger partial charge in [0.15, 0.2) is 0 Å². The van der Waals surface area contributed by atoms with Gasteiger partial charge in [-0.2, -0.15) is 0 Å². The molecule has 0 aromatic rings. The Morgan fingerprint density at radius 2 is 2.27 bits per heavy atom. The highest BCUT2D eigenvalue weighted by atomic mass is 16.5. The van der Waals surface area contributed by atoms with Crippen molar-refractivity contribution in [3.8, 4) is 0 Å². The van der Waals surface area contributed by atoms with Gasteiger partial charge in [-0.15, -0.1) is 0 Å². The zero-order valence-electron chi connectivity index (χ0n) is 9.95. The van der Waals surface area contributed by atoms with Gasteiger partial charge in [-0.3, -0.25) is 4.79 Å². The van der Waals surface area contributed by atoms with E-state index in [1.807, 2.05) is 11.8 Å². The van der Waals surface area contributed by atoms with E-state index in [2.05, 4.69) is 13.8 Å². The van der Waals surface area contributed by atoms with Crippen LogP contribution in [0.2, 0.25) is 0 Å². The molecule has 1 aliphatic heterocycles. The van der Waals surface area contributed by atoms with Gasteiger partial charge in [0.1, 0.15) is 5.54 Å². The quantitative estimate of drug-likeness (QED) is 0.751. The van der Waals surface area contributed by atoms with Crippen LogP contribution in [0.4, 0.5) is 0 Å². The Bertz CT molecular complexity index is 225. The van der Waals surface area contributed by atoms with E-state index in [-0.39, 0.29) is 11.9 Å². The summed E-state index contributed by atoms with van der Waals surface area (Å²) in [6, 6.07) is 0.253. The zero-order chi connectivity index (χ0) is 11.5. The lowest BCUT2D eigenvalue weighted by Crippen LogP contribution is -2.57. The molecule has 2 N–H and O–H groups in total. The van der Waals surface area contributed by atoms with Crippen molar-refractivity contribution in [3.63, 3.8) is 0 Å². The molecule has 1 saturated heterocycles. The smallest absolute Gasteiger partial charge is 0.245 e. The molecule has 2 unspecified atom stereocenters. The van der Waals surface area contributed by atoms with E-state index in [4.69, 9.17) is 10.5 Å². The summed E-state index contributed by atoms with van der Waals surface area (Å²) in [4.78, 5) is 14.1. The van der Waals surface area contributed by atoms with E-state index >= 15 is 0 Å². The number of ether oxygens (including phenoxy) is 1. The fourth-order valence-electron chi connectivity index (χ4n) is 1.91. The Labute approximate surface area is 91.8 Å². The molecule has 1 amide bonds. The summed E-state index contributed by atoms with van der Waals surface area (Å²) in [5, 5.41) is 0. The first-order valence-electron chi connectivity index (χ1n) is 5.73. The Kier molecular flexibility index (Phi) is 4.11. The summed E-state index contributed by atoms with van der Waals surface area (Å²) in [7, 11) is 0. The summed E-state index contributed by atoms with van der Waals surface area (Å²) < 4.78 is 5.22. The van der Waals surface area contributed by atoms with Crippen LogP contribution in [0.15, 0.2) is 0 Å². The van der Waals surface area contributed by atoms with Crippen LogP contribution in [-0.4, -0.2) is 42.1 Å². The minimum absolute atomic E-state index is 0.0388. The average Bonchev–Trinajstić information content (AvgIpc) is 2.67. The van der Waals surface area contributed by atoms with Gasteiger partial charge in [0, 0.05) is 19.2 Å². The van der Waals surface area contributed by atoms with E-state index < -0.39 is 5.54 Å². The lowest BCUT2D eigenvalue weighted by molar-refractivity contribution is -0.138. The second-order valence-corrected chi connectivity index (χ2v) is 4.31. The third-order valence-corrected chi connectivity index (χ3v) is 3.20. The van der Waals surface area contributed by atoms with E-state index in [0.29, 0.717) is 26.2 Å². The molecule has 1 rings (SSSR count). The number of likely N-dealkylation sites (N-methyl/N-ethyl adjacent to an activating group) is 1. The number of nitrogens with zero attached hydrogens (tertiary/aromatic N) is 1. The molecule has 4 heteroatoms. The molecule has 1 aliphatic rings. The van der Waals surface area contributed by atoms with Gasteiger partial charge in [0.25, 0.3) is 0 Å². The Balaban J connectivity index is 2.71. The molecule has 0 bridgehead atoms. The van der Waals surface area contributed by atoms with E-state index in [0.717, 1.165) is 6.42 Å². The highest BCUT2D eigenvalue weighted by Crippen LogP contribution is 2.20. The van der Waals surface area contributed by atoms with Crippen LogP contribution in [0, 0.1) is 0 Å². The fraction of sp³-hybridized carbons (Fsp3) is 0.909. The van der Waals surface area contributed by atoms with Crippen molar-refractivity contribution >= 4 is 5.91 Å². The molecule has 15 heavy (non-hydrogen) atoms. The normalized spacial score (nSPS) is 27.7. The second-order valence-electron chi connectivity index (χ2n) is 4.31. The van der Waals surface area contributed by atoms with Crippen molar-refractivity contribution in [1.29, 1.82) is 0 Å². The molecule has 1 heterocycles. The summed E-state index contributed by atoms with van der Waals surface area (Å²) >= 11 is 0. The third kappa shape index (κ3) is 2.49. The maximum absolute atomic E-state index is 12.2. The highest BCUT2D eigenvalue weighted by molar-refractivity contribution is 5.86. The molecule has 88 valence electrons. The van der Waals surface area contributed by atoms with Crippen LogP contribution in [0.3, 0.4) is 0 Å². The summed E-state index contributed by atoms with van der Waals surface area (Å²) in [6.07, 6.45) is 1.59. The monoisotopic (exact) mass is 214 g/mol.